The summed E-state index contributed by atoms with van der Waals surface area (Å²) in [5.41, 5.74) is 7.33. The van der Waals surface area contributed by atoms with Gasteiger partial charge in [-0.25, -0.2) is 0 Å². The highest BCUT2D eigenvalue weighted by molar-refractivity contribution is 5.83. The Balaban J connectivity index is 1.75. The Labute approximate surface area is 154 Å². The lowest BCUT2D eigenvalue weighted by Gasteiger charge is -2.26. The van der Waals surface area contributed by atoms with E-state index in [0.29, 0.717) is 35.6 Å². The molecule has 26 heavy (non-hydrogen) atoms. The maximum Gasteiger partial charge on any atom is 0.320 e. The zero-order valence-electron chi connectivity index (χ0n) is 15.9. The van der Waals surface area contributed by atoms with Crippen molar-refractivity contribution in [1.82, 2.24) is 24.4 Å². The summed E-state index contributed by atoms with van der Waals surface area (Å²) in [6.07, 6.45) is 6.99. The first-order chi connectivity index (χ1) is 12.7. The number of unbranched alkanes of at least 4 members (excludes halogenated alkanes) is 1. The molecule has 0 spiro atoms. The number of nitrogens with zero attached hydrogens (tertiary/aromatic N) is 5. The molecule has 0 amide bonds. The number of likely N-dealkylation sites (tertiary alicyclic amines) is 1. The monoisotopic (exact) mass is 362 g/mol. The zero-order chi connectivity index (χ0) is 18.4. The van der Waals surface area contributed by atoms with Crippen LogP contribution in [0.15, 0.2) is 0 Å². The minimum atomic E-state index is 0.309. The van der Waals surface area contributed by atoms with Crippen molar-refractivity contribution in [1.29, 1.82) is 0 Å². The smallest absolute Gasteiger partial charge is 0.320 e. The molecule has 8 nitrogen and oxygen atoms in total. The van der Waals surface area contributed by atoms with Crippen LogP contribution in [0, 0.1) is 0 Å². The van der Waals surface area contributed by atoms with Gasteiger partial charge in [-0.1, -0.05) is 19.8 Å². The Morgan fingerprint density at radius 1 is 1.04 bits per heavy atom. The predicted molar refractivity (Wildman–Crippen MR) is 102 cm³/mol. The minimum absolute atomic E-state index is 0.309. The van der Waals surface area contributed by atoms with E-state index in [9.17, 15) is 0 Å². The number of nitrogen functional groups attached to an aromatic ring is 1. The van der Waals surface area contributed by atoms with Gasteiger partial charge in [-0.2, -0.15) is 15.0 Å². The highest BCUT2D eigenvalue weighted by Crippen LogP contribution is 2.25. The minimum Gasteiger partial charge on any atom is -0.468 e. The number of fused-ring (bicyclic) bond motifs is 1. The number of ether oxygens (including phenoxy) is 2. The number of rotatable bonds is 9. The number of hydrogen-bond donors (Lipinski definition) is 1. The SMILES string of the molecule is CCCCOc1nc(N)c2nc(OC)n(CCCN3CCCCC3)c2n1. The van der Waals surface area contributed by atoms with Gasteiger partial charge in [0, 0.05) is 6.54 Å². The Kier molecular flexibility index (Phi) is 6.49. The van der Waals surface area contributed by atoms with Crippen LogP contribution in [0.1, 0.15) is 45.4 Å². The molecule has 1 saturated heterocycles. The molecule has 0 atom stereocenters. The summed E-state index contributed by atoms with van der Waals surface area (Å²) in [4.78, 5) is 15.7. The average Bonchev–Trinajstić information content (AvgIpc) is 3.01. The Bertz CT molecular complexity index is 711. The first-order valence-corrected chi connectivity index (χ1v) is 9.65. The fraction of sp³-hybridized carbons (Fsp3) is 0.722. The molecule has 0 aromatic carbocycles. The van der Waals surface area contributed by atoms with Crippen molar-refractivity contribution in [3.8, 4) is 12.0 Å². The van der Waals surface area contributed by atoms with Crippen LogP contribution in [-0.2, 0) is 6.54 Å². The van der Waals surface area contributed by atoms with Crippen molar-refractivity contribution < 1.29 is 9.47 Å². The molecule has 0 radical (unpaired) electrons. The normalized spacial score (nSPS) is 15.5. The molecule has 2 aromatic heterocycles. The van der Waals surface area contributed by atoms with Gasteiger partial charge >= 0.3 is 6.01 Å². The van der Waals surface area contributed by atoms with E-state index in [0.717, 1.165) is 32.4 Å². The van der Waals surface area contributed by atoms with Gasteiger partial charge in [0.25, 0.3) is 6.01 Å². The number of aromatic nitrogens is 4. The van der Waals surface area contributed by atoms with E-state index < -0.39 is 0 Å². The quantitative estimate of drug-likeness (QED) is 0.685. The number of nitrogens with two attached hydrogens (primary N) is 1. The van der Waals surface area contributed by atoms with Gasteiger partial charge in [-0.15, -0.1) is 0 Å². The third kappa shape index (κ3) is 4.35. The summed E-state index contributed by atoms with van der Waals surface area (Å²) in [5, 5.41) is 0. The molecule has 2 aromatic rings. The fourth-order valence-electron chi connectivity index (χ4n) is 3.35. The number of aryl methyl sites for hydroxylation is 1. The Hall–Kier alpha value is -2.09. The van der Waals surface area contributed by atoms with Gasteiger partial charge in [-0.3, -0.25) is 4.57 Å². The maximum absolute atomic E-state index is 6.07. The standard InChI is InChI=1S/C18H30N6O2/c1-3-4-13-26-17-21-15(19)14-16(22-17)24(18(20-14)25-2)12-8-11-23-9-6-5-7-10-23/h3-13H2,1-2H3,(H2,19,21,22). The molecule has 144 valence electrons. The molecule has 0 saturated carbocycles. The van der Waals surface area contributed by atoms with Crippen LogP contribution >= 0.6 is 0 Å². The highest BCUT2D eigenvalue weighted by Gasteiger charge is 2.18. The Morgan fingerprint density at radius 2 is 1.85 bits per heavy atom. The number of piperidine rings is 1. The van der Waals surface area contributed by atoms with Crippen molar-refractivity contribution in [2.75, 3.05) is 39.1 Å². The number of imidazole rings is 1. The van der Waals surface area contributed by atoms with E-state index in [1.165, 1.54) is 32.4 Å². The molecule has 0 bridgehead atoms. The summed E-state index contributed by atoms with van der Waals surface area (Å²) in [5.74, 6) is 0.328. The molecule has 3 heterocycles. The summed E-state index contributed by atoms with van der Waals surface area (Å²) in [7, 11) is 1.62. The molecule has 1 aliphatic heterocycles. The van der Waals surface area contributed by atoms with E-state index in [1.54, 1.807) is 7.11 Å². The van der Waals surface area contributed by atoms with Gasteiger partial charge in [0.1, 0.15) is 0 Å². The van der Waals surface area contributed by atoms with E-state index >= 15 is 0 Å². The van der Waals surface area contributed by atoms with Crippen molar-refractivity contribution >= 4 is 17.0 Å². The third-order valence-corrected chi connectivity index (χ3v) is 4.78. The predicted octanol–water partition coefficient (Wildman–Crippen LogP) is 2.47. The van der Waals surface area contributed by atoms with Gasteiger partial charge in [-0.05, 0) is 45.3 Å². The largest absolute Gasteiger partial charge is 0.468 e. The van der Waals surface area contributed by atoms with Gasteiger partial charge in [0.05, 0.1) is 13.7 Å². The van der Waals surface area contributed by atoms with E-state index in [1.807, 2.05) is 4.57 Å². The van der Waals surface area contributed by atoms with E-state index in [4.69, 9.17) is 15.2 Å². The fourth-order valence-corrected chi connectivity index (χ4v) is 3.35. The molecular formula is C18H30N6O2. The molecule has 2 N–H and O–H groups in total. The first-order valence-electron chi connectivity index (χ1n) is 9.65. The van der Waals surface area contributed by atoms with Crippen molar-refractivity contribution in [3.63, 3.8) is 0 Å². The van der Waals surface area contributed by atoms with E-state index in [2.05, 4.69) is 26.8 Å². The van der Waals surface area contributed by atoms with Crippen molar-refractivity contribution in [2.24, 2.45) is 0 Å². The van der Waals surface area contributed by atoms with Gasteiger partial charge < -0.3 is 20.1 Å². The molecule has 1 fully saturated rings. The summed E-state index contributed by atoms with van der Waals surface area (Å²) >= 11 is 0. The first kappa shape index (κ1) is 18.7. The third-order valence-electron chi connectivity index (χ3n) is 4.78. The molecule has 1 aliphatic rings. The lowest BCUT2D eigenvalue weighted by molar-refractivity contribution is 0.221. The van der Waals surface area contributed by atoms with Crippen LogP contribution in [0.25, 0.3) is 11.2 Å². The van der Waals surface area contributed by atoms with Crippen LogP contribution < -0.4 is 15.2 Å². The molecular weight excluding hydrogens is 332 g/mol. The summed E-state index contributed by atoms with van der Waals surface area (Å²) in [6, 6.07) is 0.827. The van der Waals surface area contributed by atoms with Crippen LogP contribution in [0.4, 0.5) is 5.82 Å². The van der Waals surface area contributed by atoms with Gasteiger partial charge in [0.2, 0.25) is 0 Å². The average molecular weight is 362 g/mol. The topological polar surface area (TPSA) is 91.3 Å². The zero-order valence-corrected chi connectivity index (χ0v) is 15.9. The molecule has 8 heteroatoms. The molecule has 3 rings (SSSR count). The number of hydrogen-bond acceptors (Lipinski definition) is 7. The Morgan fingerprint density at radius 3 is 2.58 bits per heavy atom. The molecule has 0 aliphatic carbocycles. The molecule has 0 unspecified atom stereocenters. The second-order valence-corrected chi connectivity index (χ2v) is 6.77. The van der Waals surface area contributed by atoms with Crippen LogP contribution in [-0.4, -0.2) is 57.8 Å². The van der Waals surface area contributed by atoms with Crippen molar-refractivity contribution in [3.05, 3.63) is 0 Å². The number of anilines is 1. The highest BCUT2D eigenvalue weighted by atomic mass is 16.5. The lowest BCUT2D eigenvalue weighted by atomic mass is 10.1. The lowest BCUT2D eigenvalue weighted by Crippen LogP contribution is -2.31. The summed E-state index contributed by atoms with van der Waals surface area (Å²) < 4.78 is 13.1. The van der Waals surface area contributed by atoms with Crippen LogP contribution in [0.2, 0.25) is 0 Å². The number of methoxy groups -OCH3 is 1. The second kappa shape index (κ2) is 9.02. The van der Waals surface area contributed by atoms with E-state index in [-0.39, 0.29) is 0 Å². The van der Waals surface area contributed by atoms with Gasteiger partial charge in [0.15, 0.2) is 17.0 Å². The summed E-state index contributed by atoms with van der Waals surface area (Å²) in [6.45, 7) is 6.95. The maximum atomic E-state index is 6.07. The van der Waals surface area contributed by atoms with Crippen molar-refractivity contribution in [2.45, 2.75) is 52.0 Å². The van der Waals surface area contributed by atoms with Crippen LogP contribution in [0.5, 0.6) is 12.0 Å². The van der Waals surface area contributed by atoms with Crippen LogP contribution in [0.3, 0.4) is 0 Å². The second-order valence-electron chi connectivity index (χ2n) is 6.77.